The van der Waals surface area contributed by atoms with Crippen molar-refractivity contribution in [2.45, 2.75) is 58.7 Å². The van der Waals surface area contributed by atoms with Crippen molar-refractivity contribution in [3.05, 3.63) is 59.3 Å². The number of nitrogens with zero attached hydrogens (tertiary/aromatic N) is 3. The highest BCUT2D eigenvalue weighted by atomic mass is 16.5. The first-order chi connectivity index (χ1) is 16.2. The van der Waals surface area contributed by atoms with Gasteiger partial charge in [0, 0.05) is 31.1 Å². The first kappa shape index (κ1) is 23.7. The predicted octanol–water partition coefficient (Wildman–Crippen LogP) is 2.96. The summed E-state index contributed by atoms with van der Waals surface area (Å²) in [7, 11) is 0. The molecule has 1 aromatic carbocycles. The number of aliphatic hydroxyl groups excluding tert-OH is 1. The lowest BCUT2D eigenvalue weighted by molar-refractivity contribution is -0.141. The minimum atomic E-state index is -0.755. The summed E-state index contributed by atoms with van der Waals surface area (Å²) in [5.74, 6) is -0.693. The summed E-state index contributed by atoms with van der Waals surface area (Å²) >= 11 is 0. The van der Waals surface area contributed by atoms with Crippen LogP contribution in [0.3, 0.4) is 0 Å². The molecule has 9 heteroatoms. The molecule has 1 fully saturated rings. The van der Waals surface area contributed by atoms with Crippen LogP contribution in [0.1, 0.15) is 48.9 Å². The van der Waals surface area contributed by atoms with Crippen LogP contribution in [0.25, 0.3) is 11.1 Å². The Kier molecular flexibility index (Phi) is 6.83. The molecular weight excluding hydrogens is 436 g/mol. The predicted molar refractivity (Wildman–Crippen MR) is 123 cm³/mol. The molecule has 1 aliphatic heterocycles. The lowest BCUT2D eigenvalue weighted by Gasteiger charge is -2.28. The van der Waals surface area contributed by atoms with E-state index in [4.69, 9.17) is 9.05 Å². The monoisotopic (exact) mass is 466 g/mol. The van der Waals surface area contributed by atoms with E-state index >= 15 is 0 Å². The van der Waals surface area contributed by atoms with Crippen LogP contribution >= 0.6 is 0 Å². The molecule has 9 nitrogen and oxygen atoms in total. The van der Waals surface area contributed by atoms with Crippen molar-refractivity contribution in [2.75, 3.05) is 6.54 Å². The summed E-state index contributed by atoms with van der Waals surface area (Å²) in [6.07, 6.45) is 1.05. The number of aryl methyl sites for hydroxylation is 2. The van der Waals surface area contributed by atoms with Gasteiger partial charge in [0.1, 0.15) is 24.0 Å². The average molecular weight is 467 g/mol. The molecule has 2 aromatic heterocycles. The van der Waals surface area contributed by atoms with Crippen molar-refractivity contribution in [2.24, 2.45) is 5.92 Å². The summed E-state index contributed by atoms with van der Waals surface area (Å²) in [5.41, 5.74) is 4.32. The van der Waals surface area contributed by atoms with Crippen LogP contribution in [0.15, 0.2) is 45.6 Å². The third-order valence-corrected chi connectivity index (χ3v) is 6.23. The van der Waals surface area contributed by atoms with Gasteiger partial charge in [0.2, 0.25) is 11.8 Å². The van der Waals surface area contributed by atoms with E-state index in [1.54, 1.807) is 19.3 Å². The van der Waals surface area contributed by atoms with Crippen molar-refractivity contribution in [3.63, 3.8) is 0 Å². The molecule has 1 aliphatic rings. The number of benzene rings is 1. The SMILES string of the molecule is Cc1cc(C(C(=O)N2CC(O)CC2C(=O)NCc2ccc(-c3conc3C)cc2)C(C)C)on1. The van der Waals surface area contributed by atoms with E-state index in [-0.39, 0.29) is 30.7 Å². The molecule has 3 unspecified atom stereocenters. The van der Waals surface area contributed by atoms with Gasteiger partial charge in [-0.3, -0.25) is 9.59 Å². The lowest BCUT2D eigenvalue weighted by Crippen LogP contribution is -2.48. The maximum absolute atomic E-state index is 13.4. The van der Waals surface area contributed by atoms with Crippen LogP contribution in [-0.2, 0) is 16.1 Å². The largest absolute Gasteiger partial charge is 0.391 e. The highest BCUT2D eigenvalue weighted by Gasteiger charge is 2.43. The summed E-state index contributed by atoms with van der Waals surface area (Å²) in [6, 6.07) is 8.75. The highest BCUT2D eigenvalue weighted by Crippen LogP contribution is 2.31. The molecule has 2 amide bonds. The molecule has 1 saturated heterocycles. The van der Waals surface area contributed by atoms with Gasteiger partial charge in [-0.1, -0.05) is 48.4 Å². The number of aliphatic hydroxyl groups is 1. The number of nitrogens with one attached hydrogen (secondary N) is 1. The van der Waals surface area contributed by atoms with E-state index < -0.39 is 18.1 Å². The molecule has 2 N–H and O–H groups in total. The number of hydrogen-bond donors (Lipinski definition) is 2. The fourth-order valence-corrected chi connectivity index (χ4v) is 4.43. The van der Waals surface area contributed by atoms with Gasteiger partial charge >= 0.3 is 0 Å². The van der Waals surface area contributed by atoms with Gasteiger partial charge in [0.05, 0.1) is 17.5 Å². The lowest BCUT2D eigenvalue weighted by atomic mass is 9.91. The maximum atomic E-state index is 13.4. The standard InChI is InChI=1S/C25H30N4O5/c1-14(2)23(22-9-15(3)27-34-22)25(32)29-12-19(30)10-21(29)24(31)26-11-17-5-7-18(8-6-17)20-13-33-28-16(20)4/h5-9,13-14,19,21,23,30H,10-12H2,1-4H3,(H,26,31). The Morgan fingerprint density at radius 2 is 1.94 bits per heavy atom. The first-order valence-electron chi connectivity index (χ1n) is 11.4. The summed E-state index contributed by atoms with van der Waals surface area (Å²) < 4.78 is 10.4. The zero-order valence-electron chi connectivity index (χ0n) is 19.8. The molecule has 3 aromatic rings. The Morgan fingerprint density at radius 1 is 1.21 bits per heavy atom. The Morgan fingerprint density at radius 3 is 2.53 bits per heavy atom. The summed E-state index contributed by atoms with van der Waals surface area (Å²) in [5, 5.41) is 21.0. The van der Waals surface area contributed by atoms with E-state index in [1.165, 1.54) is 4.90 Å². The number of carbonyl (C=O) groups is 2. The zero-order valence-corrected chi connectivity index (χ0v) is 19.8. The number of rotatable bonds is 7. The first-order valence-corrected chi connectivity index (χ1v) is 11.4. The number of amides is 2. The fourth-order valence-electron chi connectivity index (χ4n) is 4.43. The van der Waals surface area contributed by atoms with Crippen LogP contribution in [0.2, 0.25) is 0 Å². The molecule has 0 saturated carbocycles. The van der Waals surface area contributed by atoms with E-state index in [2.05, 4.69) is 15.6 Å². The normalized spacial score (nSPS) is 18.9. The van der Waals surface area contributed by atoms with Gasteiger partial charge in [-0.05, 0) is 30.9 Å². The molecule has 3 heterocycles. The third-order valence-electron chi connectivity index (χ3n) is 6.23. The van der Waals surface area contributed by atoms with Gasteiger partial charge in [-0.15, -0.1) is 0 Å². The number of hydrogen-bond acceptors (Lipinski definition) is 7. The van der Waals surface area contributed by atoms with Gasteiger partial charge in [-0.25, -0.2) is 0 Å². The van der Waals surface area contributed by atoms with Gasteiger partial charge < -0.3 is 24.4 Å². The molecule has 0 spiro atoms. The quantitative estimate of drug-likeness (QED) is 0.549. The second-order valence-corrected chi connectivity index (χ2v) is 9.22. The molecule has 0 radical (unpaired) electrons. The van der Waals surface area contributed by atoms with Crippen molar-refractivity contribution in [3.8, 4) is 11.1 Å². The zero-order chi connectivity index (χ0) is 24.4. The van der Waals surface area contributed by atoms with E-state index in [0.717, 1.165) is 22.4 Å². The molecule has 0 bridgehead atoms. The molecule has 3 atom stereocenters. The Balaban J connectivity index is 1.43. The number of β-amino-alcohol motifs (C(OH)–C–C–N with tert-alkyl or cyclic N) is 1. The van der Waals surface area contributed by atoms with Crippen molar-refractivity contribution in [1.82, 2.24) is 20.5 Å². The molecule has 180 valence electrons. The Bertz CT molecular complexity index is 1150. The van der Waals surface area contributed by atoms with Crippen molar-refractivity contribution >= 4 is 11.8 Å². The summed E-state index contributed by atoms with van der Waals surface area (Å²) in [4.78, 5) is 28.0. The Labute approximate surface area is 198 Å². The molecule has 34 heavy (non-hydrogen) atoms. The Hall–Kier alpha value is -3.46. The topological polar surface area (TPSA) is 122 Å². The van der Waals surface area contributed by atoms with Crippen LogP contribution in [-0.4, -0.2) is 50.8 Å². The number of aromatic nitrogens is 2. The van der Waals surface area contributed by atoms with Gasteiger partial charge in [0.15, 0.2) is 0 Å². The molecule has 0 aliphatic carbocycles. The average Bonchev–Trinajstić information content (AvgIpc) is 3.52. The van der Waals surface area contributed by atoms with E-state index in [9.17, 15) is 14.7 Å². The van der Waals surface area contributed by atoms with E-state index in [1.807, 2.05) is 45.0 Å². The van der Waals surface area contributed by atoms with Crippen LogP contribution < -0.4 is 5.32 Å². The van der Waals surface area contributed by atoms with Crippen molar-refractivity contribution < 1.29 is 23.7 Å². The van der Waals surface area contributed by atoms with Gasteiger partial charge in [-0.2, -0.15) is 0 Å². The number of carbonyl (C=O) groups excluding carboxylic acids is 2. The second kappa shape index (κ2) is 9.80. The van der Waals surface area contributed by atoms with E-state index in [0.29, 0.717) is 18.0 Å². The minimum Gasteiger partial charge on any atom is -0.391 e. The molecular formula is C25H30N4O5. The molecule has 4 rings (SSSR count). The highest BCUT2D eigenvalue weighted by molar-refractivity contribution is 5.91. The van der Waals surface area contributed by atoms with Crippen LogP contribution in [0, 0.1) is 19.8 Å². The third kappa shape index (κ3) is 4.89. The van der Waals surface area contributed by atoms with Gasteiger partial charge in [0.25, 0.3) is 0 Å². The van der Waals surface area contributed by atoms with Crippen LogP contribution in [0.5, 0.6) is 0 Å². The second-order valence-electron chi connectivity index (χ2n) is 9.22. The summed E-state index contributed by atoms with van der Waals surface area (Å²) in [6.45, 7) is 7.94. The number of likely N-dealkylation sites (tertiary alicyclic amines) is 1. The van der Waals surface area contributed by atoms with Crippen LogP contribution in [0.4, 0.5) is 0 Å². The van der Waals surface area contributed by atoms with Crippen molar-refractivity contribution in [1.29, 1.82) is 0 Å². The fraction of sp³-hybridized carbons (Fsp3) is 0.440. The minimum absolute atomic E-state index is 0.0612. The maximum Gasteiger partial charge on any atom is 0.243 e. The smallest absolute Gasteiger partial charge is 0.243 e.